The minimum absolute atomic E-state index is 0.168. The zero-order chi connectivity index (χ0) is 20.9. The molecule has 0 bridgehead atoms. The number of nitrogens with one attached hydrogen (secondary N) is 2. The molecular weight excluding hydrogens is 379 g/mol. The van der Waals surface area contributed by atoms with Crippen molar-refractivity contribution in [2.24, 2.45) is 0 Å². The van der Waals surface area contributed by atoms with Crippen LogP contribution in [0, 0.1) is 0 Å². The summed E-state index contributed by atoms with van der Waals surface area (Å²) in [5.41, 5.74) is 2.85. The molecule has 2 aromatic carbocycles. The molecule has 1 aliphatic rings. The zero-order valence-corrected chi connectivity index (χ0v) is 16.8. The van der Waals surface area contributed by atoms with Gasteiger partial charge in [0.05, 0.1) is 0 Å². The van der Waals surface area contributed by atoms with Gasteiger partial charge in [-0.1, -0.05) is 30.3 Å². The van der Waals surface area contributed by atoms with E-state index in [2.05, 4.69) is 22.8 Å². The second kappa shape index (κ2) is 9.50. The molecule has 0 radical (unpaired) electrons. The summed E-state index contributed by atoms with van der Waals surface area (Å²) in [5, 5.41) is 7.11. The second-order valence-corrected chi connectivity index (χ2v) is 7.56. The van der Waals surface area contributed by atoms with Gasteiger partial charge >= 0.3 is 6.18 Å². The van der Waals surface area contributed by atoms with E-state index in [9.17, 15) is 13.2 Å². The molecule has 7 heteroatoms. The second-order valence-electron chi connectivity index (χ2n) is 7.56. The summed E-state index contributed by atoms with van der Waals surface area (Å²) in [7, 11) is 3.80. The summed E-state index contributed by atoms with van der Waals surface area (Å²) in [6.07, 6.45) is -2.31. The van der Waals surface area contributed by atoms with E-state index < -0.39 is 12.8 Å². The lowest BCUT2D eigenvalue weighted by molar-refractivity contribution is -0.153. The number of halogens is 3. The van der Waals surface area contributed by atoms with E-state index in [1.54, 1.807) is 12.1 Å². The Labute approximate surface area is 170 Å². The van der Waals surface area contributed by atoms with Gasteiger partial charge < -0.3 is 20.3 Å². The first-order chi connectivity index (χ1) is 13.8. The predicted molar refractivity (Wildman–Crippen MR) is 109 cm³/mol. The van der Waals surface area contributed by atoms with Crippen molar-refractivity contribution in [3.8, 4) is 5.75 Å². The van der Waals surface area contributed by atoms with Crippen LogP contribution in [0.3, 0.4) is 0 Å². The first kappa shape index (κ1) is 21.5. The first-order valence-corrected chi connectivity index (χ1v) is 9.85. The fourth-order valence-electron chi connectivity index (χ4n) is 3.64. The average Bonchev–Trinajstić information content (AvgIpc) is 2.71. The molecule has 0 spiro atoms. The highest BCUT2D eigenvalue weighted by Gasteiger charge is 2.29. The summed E-state index contributed by atoms with van der Waals surface area (Å²) < 4.78 is 43.0. The predicted octanol–water partition coefficient (Wildman–Crippen LogP) is 4.28. The SMILES string of the molecule is CN(C)c1ccc(OCC(F)(F)F)c(CN[C@H]2CCCN[C@H]2c2ccccc2)c1. The van der Waals surface area contributed by atoms with E-state index in [0.717, 1.165) is 30.6 Å². The molecule has 3 rings (SSSR count). The lowest BCUT2D eigenvalue weighted by Crippen LogP contribution is -2.45. The number of anilines is 1. The topological polar surface area (TPSA) is 36.5 Å². The maximum atomic E-state index is 12.6. The van der Waals surface area contributed by atoms with Gasteiger partial charge in [0.2, 0.25) is 0 Å². The van der Waals surface area contributed by atoms with E-state index in [1.165, 1.54) is 5.56 Å². The highest BCUT2D eigenvalue weighted by atomic mass is 19.4. The Bertz CT molecular complexity index is 781. The van der Waals surface area contributed by atoms with E-state index in [1.807, 2.05) is 43.3 Å². The lowest BCUT2D eigenvalue weighted by atomic mass is 9.92. The number of benzene rings is 2. The van der Waals surface area contributed by atoms with Crippen molar-refractivity contribution in [3.05, 3.63) is 59.7 Å². The molecule has 2 atom stereocenters. The van der Waals surface area contributed by atoms with Crippen molar-refractivity contribution in [3.63, 3.8) is 0 Å². The molecule has 2 N–H and O–H groups in total. The first-order valence-electron chi connectivity index (χ1n) is 9.85. The summed E-state index contributed by atoms with van der Waals surface area (Å²) in [6, 6.07) is 15.9. The fraction of sp³-hybridized carbons (Fsp3) is 0.455. The molecule has 0 aliphatic carbocycles. The van der Waals surface area contributed by atoms with Crippen molar-refractivity contribution in [2.45, 2.75) is 37.6 Å². The number of hydrogen-bond donors (Lipinski definition) is 2. The van der Waals surface area contributed by atoms with Gasteiger partial charge in [-0.15, -0.1) is 0 Å². The van der Waals surface area contributed by atoms with Crippen molar-refractivity contribution < 1.29 is 17.9 Å². The third kappa shape index (κ3) is 6.11. The van der Waals surface area contributed by atoms with Gasteiger partial charge in [-0.2, -0.15) is 13.2 Å². The quantitative estimate of drug-likeness (QED) is 0.719. The van der Waals surface area contributed by atoms with Crippen LogP contribution >= 0.6 is 0 Å². The third-order valence-electron chi connectivity index (χ3n) is 5.12. The van der Waals surface area contributed by atoms with Crippen LogP contribution in [0.25, 0.3) is 0 Å². The number of alkyl halides is 3. The van der Waals surface area contributed by atoms with Crippen molar-refractivity contribution >= 4 is 5.69 Å². The van der Waals surface area contributed by atoms with E-state index in [0.29, 0.717) is 6.54 Å². The monoisotopic (exact) mass is 407 g/mol. The number of piperidine rings is 1. The molecule has 0 amide bonds. The Morgan fingerprint density at radius 2 is 1.90 bits per heavy atom. The van der Waals surface area contributed by atoms with Gasteiger partial charge in [0.25, 0.3) is 0 Å². The molecule has 1 saturated heterocycles. The van der Waals surface area contributed by atoms with Crippen molar-refractivity contribution in [1.82, 2.24) is 10.6 Å². The fourth-order valence-corrected chi connectivity index (χ4v) is 3.64. The van der Waals surface area contributed by atoms with E-state index in [4.69, 9.17) is 4.74 Å². The summed E-state index contributed by atoms with van der Waals surface area (Å²) in [5.74, 6) is 0.264. The largest absolute Gasteiger partial charge is 0.484 e. The summed E-state index contributed by atoms with van der Waals surface area (Å²) in [4.78, 5) is 1.92. The molecule has 1 aliphatic heterocycles. The Morgan fingerprint density at radius 3 is 2.59 bits per heavy atom. The Kier molecular flexibility index (Phi) is 7.03. The van der Waals surface area contributed by atoms with Gasteiger partial charge in [0.15, 0.2) is 6.61 Å². The van der Waals surface area contributed by atoms with Gasteiger partial charge in [-0.25, -0.2) is 0 Å². The zero-order valence-electron chi connectivity index (χ0n) is 16.8. The minimum Gasteiger partial charge on any atom is -0.484 e. The number of rotatable bonds is 7. The lowest BCUT2D eigenvalue weighted by Gasteiger charge is -2.34. The molecule has 29 heavy (non-hydrogen) atoms. The Morgan fingerprint density at radius 1 is 1.14 bits per heavy atom. The highest BCUT2D eigenvalue weighted by molar-refractivity contribution is 5.52. The Hall–Kier alpha value is -2.25. The molecule has 2 aromatic rings. The van der Waals surface area contributed by atoms with Crippen LogP contribution in [0.5, 0.6) is 5.75 Å². The van der Waals surface area contributed by atoms with Crippen LogP contribution < -0.4 is 20.3 Å². The number of nitrogens with zero attached hydrogens (tertiary/aromatic N) is 1. The summed E-state index contributed by atoms with van der Waals surface area (Å²) >= 11 is 0. The van der Waals surface area contributed by atoms with Crippen molar-refractivity contribution in [2.75, 3.05) is 32.1 Å². The highest BCUT2D eigenvalue weighted by Crippen LogP contribution is 2.28. The van der Waals surface area contributed by atoms with Crippen LogP contribution in [0.4, 0.5) is 18.9 Å². The maximum absolute atomic E-state index is 12.6. The average molecular weight is 407 g/mol. The maximum Gasteiger partial charge on any atom is 0.422 e. The minimum atomic E-state index is -4.36. The Balaban J connectivity index is 1.75. The normalized spacial score (nSPS) is 19.8. The van der Waals surface area contributed by atoms with Gasteiger partial charge in [0.1, 0.15) is 5.75 Å². The number of hydrogen-bond acceptors (Lipinski definition) is 4. The van der Waals surface area contributed by atoms with Crippen LogP contribution in [0.15, 0.2) is 48.5 Å². The molecule has 0 unspecified atom stereocenters. The molecule has 158 valence electrons. The van der Waals surface area contributed by atoms with Crippen LogP contribution in [0.1, 0.15) is 30.0 Å². The van der Waals surface area contributed by atoms with Crippen LogP contribution in [-0.4, -0.2) is 39.5 Å². The van der Waals surface area contributed by atoms with E-state index >= 15 is 0 Å². The number of ether oxygens (including phenoxy) is 1. The van der Waals surface area contributed by atoms with E-state index in [-0.39, 0.29) is 17.8 Å². The van der Waals surface area contributed by atoms with Crippen LogP contribution in [-0.2, 0) is 6.54 Å². The van der Waals surface area contributed by atoms with Gasteiger partial charge in [-0.05, 0) is 43.1 Å². The molecule has 1 fully saturated rings. The summed E-state index contributed by atoms with van der Waals surface area (Å²) in [6.45, 7) is 0.0945. The van der Waals surface area contributed by atoms with Gasteiger partial charge in [-0.3, -0.25) is 0 Å². The molecule has 0 aromatic heterocycles. The molecule has 4 nitrogen and oxygen atoms in total. The van der Waals surface area contributed by atoms with Crippen LogP contribution in [0.2, 0.25) is 0 Å². The smallest absolute Gasteiger partial charge is 0.422 e. The van der Waals surface area contributed by atoms with Gasteiger partial charge in [0, 0.05) is 44.0 Å². The molecule has 1 heterocycles. The third-order valence-corrected chi connectivity index (χ3v) is 5.12. The molecular formula is C22H28F3N3O. The standard InChI is InChI=1S/C22H28F3N3O/c1-28(2)18-10-11-20(29-15-22(23,24)25)17(13-18)14-27-19-9-6-12-26-21(19)16-7-4-3-5-8-16/h3-5,7-8,10-11,13,19,21,26-27H,6,9,12,14-15H2,1-2H3/t19-,21-/m0/s1. The van der Waals surface area contributed by atoms with Crippen molar-refractivity contribution in [1.29, 1.82) is 0 Å². The molecule has 0 saturated carbocycles.